The first-order chi connectivity index (χ1) is 9.15. The number of anilines is 1. The van der Waals surface area contributed by atoms with Gasteiger partial charge in [0.2, 0.25) is 0 Å². The van der Waals surface area contributed by atoms with Crippen molar-refractivity contribution in [3.05, 3.63) is 28.4 Å². The zero-order chi connectivity index (χ0) is 13.4. The molecule has 6 heteroatoms. The minimum Gasteiger partial charge on any atom is -0.368 e. The Morgan fingerprint density at radius 1 is 1.37 bits per heavy atom. The van der Waals surface area contributed by atoms with Gasteiger partial charge in [-0.1, -0.05) is 6.42 Å². The highest BCUT2D eigenvalue weighted by molar-refractivity contribution is 5.48. The molecule has 2 N–H and O–H groups in total. The van der Waals surface area contributed by atoms with Crippen LogP contribution < -0.4 is 10.6 Å². The number of nitro groups is 1. The predicted octanol–water partition coefficient (Wildman–Crippen LogP) is 1.55. The first kappa shape index (κ1) is 12.3. The Hall–Kier alpha value is -1.69. The summed E-state index contributed by atoms with van der Waals surface area (Å²) in [4.78, 5) is 16.3. The number of hydrogen-bond acceptors (Lipinski definition) is 5. The number of nitrogens with two attached hydrogens (primary N) is 1. The van der Waals surface area contributed by atoms with Crippen molar-refractivity contribution < 1.29 is 4.92 Å². The average Bonchev–Trinajstić information content (AvgIpc) is 2.84. The van der Waals surface area contributed by atoms with Crippen molar-refractivity contribution in [1.29, 1.82) is 0 Å². The van der Waals surface area contributed by atoms with Crippen LogP contribution in [0.4, 0.5) is 11.5 Å². The van der Waals surface area contributed by atoms with Crippen LogP contribution in [0.5, 0.6) is 0 Å². The number of hydrogen-bond donors (Lipinski definition) is 1. The Balaban J connectivity index is 1.75. The highest BCUT2D eigenvalue weighted by Crippen LogP contribution is 2.37. The number of pyridine rings is 1. The summed E-state index contributed by atoms with van der Waals surface area (Å²) in [5.41, 5.74) is 7.16. The maximum absolute atomic E-state index is 10.6. The molecule has 6 nitrogen and oxygen atoms in total. The number of nitrogens with zero attached hydrogens (tertiary/aromatic N) is 3. The van der Waals surface area contributed by atoms with Gasteiger partial charge < -0.3 is 20.7 Å². The quantitative estimate of drug-likeness (QED) is 0.645. The molecule has 2 heterocycles. The zero-order valence-electron chi connectivity index (χ0n) is 10.7. The summed E-state index contributed by atoms with van der Waals surface area (Å²) in [6, 6.07) is 3.56. The lowest BCUT2D eigenvalue weighted by molar-refractivity contribution is -0.389. The second-order valence-electron chi connectivity index (χ2n) is 5.56. The third-order valence-electron chi connectivity index (χ3n) is 4.44. The normalized spacial score (nSPS) is 30.2. The maximum atomic E-state index is 10.6. The topological polar surface area (TPSA) is 85.3 Å². The molecular weight excluding hydrogens is 244 g/mol. The minimum absolute atomic E-state index is 0.0999. The van der Waals surface area contributed by atoms with Crippen molar-refractivity contribution in [1.82, 2.24) is 4.98 Å². The standard InChI is InChI=1S/C13H18N4O2/c14-12-3-1-2-9-7-16(8-11(9)12)10-4-5-13(15-6-10)17(18)19/h4-6,9,11-12H,1-3,7-8,14H2. The third-order valence-corrected chi connectivity index (χ3v) is 4.44. The predicted molar refractivity (Wildman–Crippen MR) is 71.9 cm³/mol. The molecule has 2 fully saturated rings. The fourth-order valence-corrected chi connectivity index (χ4v) is 3.40. The van der Waals surface area contributed by atoms with Gasteiger partial charge in [-0.2, -0.15) is 0 Å². The molecule has 0 aromatic carbocycles. The Morgan fingerprint density at radius 2 is 2.21 bits per heavy atom. The molecule has 1 saturated heterocycles. The van der Waals surface area contributed by atoms with Crippen molar-refractivity contribution in [3.63, 3.8) is 0 Å². The summed E-state index contributed by atoms with van der Waals surface area (Å²) >= 11 is 0. The van der Waals surface area contributed by atoms with E-state index in [2.05, 4.69) is 9.88 Å². The second-order valence-corrected chi connectivity index (χ2v) is 5.56. The van der Waals surface area contributed by atoms with E-state index >= 15 is 0 Å². The van der Waals surface area contributed by atoms with Gasteiger partial charge in [-0.15, -0.1) is 0 Å². The van der Waals surface area contributed by atoms with E-state index in [1.807, 2.05) is 0 Å². The molecule has 0 bridgehead atoms. The highest BCUT2D eigenvalue weighted by atomic mass is 16.6. The van der Waals surface area contributed by atoms with E-state index in [-0.39, 0.29) is 5.82 Å². The molecule has 0 amide bonds. The zero-order valence-corrected chi connectivity index (χ0v) is 10.7. The Bertz CT molecular complexity index is 476. The molecule has 1 saturated carbocycles. The summed E-state index contributed by atoms with van der Waals surface area (Å²) in [6.07, 6.45) is 5.18. The van der Waals surface area contributed by atoms with Crippen LogP contribution in [0.25, 0.3) is 0 Å². The summed E-state index contributed by atoms with van der Waals surface area (Å²) in [5.74, 6) is 1.12. The van der Waals surface area contributed by atoms with Crippen LogP contribution in [0.15, 0.2) is 18.3 Å². The Kier molecular flexibility index (Phi) is 3.10. The average molecular weight is 262 g/mol. The van der Waals surface area contributed by atoms with Crippen LogP contribution in [0.1, 0.15) is 19.3 Å². The van der Waals surface area contributed by atoms with Gasteiger partial charge in [0.25, 0.3) is 0 Å². The lowest BCUT2D eigenvalue weighted by Gasteiger charge is -2.29. The van der Waals surface area contributed by atoms with E-state index < -0.39 is 4.92 Å². The van der Waals surface area contributed by atoms with Crippen LogP contribution in [0.2, 0.25) is 0 Å². The summed E-state index contributed by atoms with van der Waals surface area (Å²) < 4.78 is 0. The van der Waals surface area contributed by atoms with Gasteiger partial charge in [-0.3, -0.25) is 0 Å². The lowest BCUT2D eigenvalue weighted by atomic mass is 9.78. The van der Waals surface area contributed by atoms with E-state index in [9.17, 15) is 10.1 Å². The molecule has 3 atom stereocenters. The van der Waals surface area contributed by atoms with Gasteiger partial charge in [0.05, 0.1) is 5.69 Å². The number of fused-ring (bicyclic) bond motifs is 1. The van der Waals surface area contributed by atoms with Crippen LogP contribution in [0, 0.1) is 22.0 Å². The fraction of sp³-hybridized carbons (Fsp3) is 0.615. The molecule has 0 radical (unpaired) electrons. The van der Waals surface area contributed by atoms with E-state index in [0.717, 1.165) is 25.2 Å². The number of aromatic nitrogens is 1. The van der Waals surface area contributed by atoms with Crippen LogP contribution in [0.3, 0.4) is 0 Å². The van der Waals surface area contributed by atoms with Gasteiger partial charge in [-0.05, 0) is 40.7 Å². The SMILES string of the molecule is NC1CCCC2CN(c3ccc([N+](=O)[O-])nc3)CC12. The molecule has 102 valence electrons. The lowest BCUT2D eigenvalue weighted by Crippen LogP contribution is -2.38. The molecule has 2 aliphatic rings. The van der Waals surface area contributed by atoms with Crippen molar-refractivity contribution in [2.45, 2.75) is 25.3 Å². The molecular formula is C13H18N4O2. The minimum atomic E-state index is -0.469. The van der Waals surface area contributed by atoms with Crippen LogP contribution >= 0.6 is 0 Å². The van der Waals surface area contributed by atoms with Crippen molar-refractivity contribution >= 4 is 11.5 Å². The van der Waals surface area contributed by atoms with E-state index in [1.54, 1.807) is 12.3 Å². The monoisotopic (exact) mass is 262 g/mol. The summed E-state index contributed by atoms with van der Waals surface area (Å²) in [6.45, 7) is 1.95. The van der Waals surface area contributed by atoms with Gasteiger partial charge in [0.15, 0.2) is 6.20 Å². The molecule has 0 spiro atoms. The first-order valence-corrected chi connectivity index (χ1v) is 6.76. The Labute approximate surface area is 111 Å². The van der Waals surface area contributed by atoms with Crippen LogP contribution in [-0.4, -0.2) is 29.0 Å². The summed E-state index contributed by atoms with van der Waals surface area (Å²) in [5, 5.41) is 10.6. The molecule has 1 aromatic heterocycles. The maximum Gasteiger partial charge on any atom is 0.363 e. The van der Waals surface area contributed by atoms with Crippen molar-refractivity contribution in [2.24, 2.45) is 17.6 Å². The van der Waals surface area contributed by atoms with Gasteiger partial charge in [0, 0.05) is 25.2 Å². The largest absolute Gasteiger partial charge is 0.368 e. The molecule has 3 unspecified atom stereocenters. The first-order valence-electron chi connectivity index (χ1n) is 6.76. The number of rotatable bonds is 2. The van der Waals surface area contributed by atoms with Gasteiger partial charge in [-0.25, -0.2) is 0 Å². The second kappa shape index (κ2) is 4.77. The van der Waals surface area contributed by atoms with E-state index in [1.165, 1.54) is 18.9 Å². The van der Waals surface area contributed by atoms with Gasteiger partial charge in [0.1, 0.15) is 0 Å². The molecule has 3 rings (SSSR count). The van der Waals surface area contributed by atoms with Crippen molar-refractivity contribution in [3.8, 4) is 0 Å². The smallest absolute Gasteiger partial charge is 0.363 e. The van der Waals surface area contributed by atoms with Gasteiger partial charge >= 0.3 is 5.82 Å². The Morgan fingerprint density at radius 3 is 2.84 bits per heavy atom. The van der Waals surface area contributed by atoms with E-state index in [0.29, 0.717) is 17.9 Å². The molecule has 1 aromatic rings. The fourth-order valence-electron chi connectivity index (χ4n) is 3.40. The van der Waals surface area contributed by atoms with Crippen LogP contribution in [-0.2, 0) is 0 Å². The molecule has 1 aliphatic heterocycles. The molecule has 1 aliphatic carbocycles. The highest BCUT2D eigenvalue weighted by Gasteiger charge is 2.39. The van der Waals surface area contributed by atoms with Crippen molar-refractivity contribution in [2.75, 3.05) is 18.0 Å². The summed E-state index contributed by atoms with van der Waals surface area (Å²) in [7, 11) is 0. The molecule has 19 heavy (non-hydrogen) atoms. The third kappa shape index (κ3) is 2.28. The van der Waals surface area contributed by atoms with E-state index in [4.69, 9.17) is 5.73 Å².